The van der Waals surface area contributed by atoms with Gasteiger partial charge in [0, 0.05) is 43.7 Å². The minimum atomic E-state index is -0.727. The maximum Gasteiger partial charge on any atom is 0.351 e. The van der Waals surface area contributed by atoms with Gasteiger partial charge in [-0.15, -0.1) is 11.3 Å². The van der Waals surface area contributed by atoms with Crippen LogP contribution in [0.2, 0.25) is 5.02 Å². The van der Waals surface area contributed by atoms with Gasteiger partial charge in [-0.25, -0.2) is 14.2 Å². The van der Waals surface area contributed by atoms with Crippen LogP contribution in [0.1, 0.15) is 39.1 Å². The Kier molecular flexibility index (Phi) is 6.33. The van der Waals surface area contributed by atoms with E-state index < -0.39 is 11.8 Å². The van der Waals surface area contributed by atoms with Gasteiger partial charge < -0.3 is 20.9 Å². The van der Waals surface area contributed by atoms with Gasteiger partial charge >= 0.3 is 5.97 Å². The van der Waals surface area contributed by atoms with Crippen molar-refractivity contribution >= 4 is 40.9 Å². The summed E-state index contributed by atoms with van der Waals surface area (Å²) in [5.41, 5.74) is 4.49. The van der Waals surface area contributed by atoms with Crippen molar-refractivity contribution in [3.63, 3.8) is 0 Å². The van der Waals surface area contributed by atoms with Crippen molar-refractivity contribution in [1.29, 1.82) is 0 Å². The number of carbonyl (C=O) groups is 1. The lowest BCUT2D eigenvalue weighted by atomic mass is 10.0. The zero-order valence-electron chi connectivity index (χ0n) is 19.0. The summed E-state index contributed by atoms with van der Waals surface area (Å²) in [6, 6.07) is 7.34. The summed E-state index contributed by atoms with van der Waals surface area (Å²) in [6.45, 7) is 0. The topological polar surface area (TPSA) is 130 Å². The van der Waals surface area contributed by atoms with E-state index in [1.54, 1.807) is 30.6 Å². The second-order valence-corrected chi connectivity index (χ2v) is 9.46. The molecule has 0 amide bonds. The number of fused-ring (bicyclic) bond motifs is 1. The zero-order chi connectivity index (χ0) is 25.4. The molecule has 0 radical (unpaired) electrons. The summed E-state index contributed by atoms with van der Waals surface area (Å²) in [5, 5.41) is 19.5. The van der Waals surface area contributed by atoms with Crippen molar-refractivity contribution in [3.05, 3.63) is 74.8 Å². The van der Waals surface area contributed by atoms with Crippen LogP contribution < -0.4 is 15.9 Å². The average molecular weight is 528 g/mol. The monoisotopic (exact) mass is 527 g/mol. The van der Waals surface area contributed by atoms with E-state index in [9.17, 15) is 14.4 Å². The quantitative estimate of drug-likeness (QED) is 0.0562. The SMILES string of the molecule is COC(=O)c1scc(-c2c[nH]c(C3CCc4cc(-c5cc(Cl)ccc5N/C=N\N)c[n+](O)c43)n2)c1F. The van der Waals surface area contributed by atoms with Crippen molar-refractivity contribution in [3.8, 4) is 22.4 Å². The lowest BCUT2D eigenvalue weighted by Crippen LogP contribution is -2.36. The smallest absolute Gasteiger partial charge is 0.351 e. The highest BCUT2D eigenvalue weighted by Crippen LogP contribution is 2.39. The third-order valence-electron chi connectivity index (χ3n) is 6.09. The Morgan fingerprint density at radius 1 is 1.44 bits per heavy atom. The van der Waals surface area contributed by atoms with Crippen molar-refractivity contribution in [2.45, 2.75) is 18.8 Å². The number of aromatic nitrogens is 3. The first-order valence-corrected chi connectivity index (χ1v) is 12.1. The van der Waals surface area contributed by atoms with Crippen LogP contribution in [0.25, 0.3) is 22.4 Å². The van der Waals surface area contributed by atoms with Crippen LogP contribution in [0, 0.1) is 5.82 Å². The third kappa shape index (κ3) is 4.16. The Balaban J connectivity index is 1.48. The Hall–Kier alpha value is -3.96. The van der Waals surface area contributed by atoms with E-state index in [2.05, 4.69) is 25.1 Å². The van der Waals surface area contributed by atoms with Crippen LogP contribution in [0.5, 0.6) is 0 Å². The number of anilines is 1. The molecule has 3 heterocycles. The first-order chi connectivity index (χ1) is 17.4. The molecule has 1 aliphatic rings. The number of imidazole rings is 1. The summed E-state index contributed by atoms with van der Waals surface area (Å²) in [7, 11) is 1.21. The van der Waals surface area contributed by atoms with Gasteiger partial charge in [0.2, 0.25) is 11.9 Å². The van der Waals surface area contributed by atoms with Crippen molar-refractivity contribution < 1.29 is 23.9 Å². The molecule has 1 aromatic carbocycles. The van der Waals surface area contributed by atoms with Crippen molar-refractivity contribution in [2.75, 3.05) is 12.4 Å². The van der Waals surface area contributed by atoms with Crippen LogP contribution in [0.15, 0.2) is 47.1 Å². The highest BCUT2D eigenvalue weighted by molar-refractivity contribution is 7.12. The Labute approximate surface area is 214 Å². The molecule has 1 unspecified atom stereocenters. The molecule has 5 rings (SSSR count). The number of H-pyrrole nitrogens is 1. The number of thiophene rings is 1. The van der Waals surface area contributed by atoms with Gasteiger partial charge in [-0.3, -0.25) is 5.21 Å². The van der Waals surface area contributed by atoms with E-state index in [0.717, 1.165) is 38.4 Å². The van der Waals surface area contributed by atoms with E-state index in [-0.39, 0.29) is 16.4 Å². The van der Waals surface area contributed by atoms with Crippen molar-refractivity contribution in [2.24, 2.45) is 10.9 Å². The van der Waals surface area contributed by atoms with E-state index in [0.29, 0.717) is 35.1 Å². The molecular formula is C24H21ClFN6O3S+. The standard InChI is InChI=1S/C24H21ClFN6O3S/c1-35-24(33)22-20(26)17(10-36-22)19-8-28-23(31-19)15-4-2-12-6-13(9-32(34)21(12)15)16-7-14(25)3-5-18(16)29-11-30-27/h3,5-11,15,34H,2,4,27H2,1H3,(H,28,31)(H,29,30)/q+1. The number of carbonyl (C=O) groups excluding carboxylic acids is 1. The number of nitrogens with two attached hydrogens (primary N) is 1. The number of nitrogens with zero attached hydrogens (tertiary/aromatic N) is 3. The molecule has 1 atom stereocenters. The summed E-state index contributed by atoms with van der Waals surface area (Å²) in [5.74, 6) is 4.19. The van der Waals surface area contributed by atoms with Crippen LogP contribution in [0.4, 0.5) is 10.1 Å². The maximum atomic E-state index is 14.8. The normalized spacial score (nSPS) is 14.8. The largest absolute Gasteiger partial charge is 0.465 e. The van der Waals surface area contributed by atoms with E-state index in [1.807, 2.05) is 6.07 Å². The number of hydrogen-bond donors (Lipinski definition) is 4. The molecule has 0 saturated carbocycles. The second-order valence-electron chi connectivity index (χ2n) is 8.14. The van der Waals surface area contributed by atoms with E-state index >= 15 is 0 Å². The lowest BCUT2D eigenvalue weighted by Gasteiger charge is -2.10. The van der Waals surface area contributed by atoms with Gasteiger partial charge in [0.1, 0.15) is 23.0 Å². The van der Waals surface area contributed by atoms with Crippen LogP contribution in [-0.2, 0) is 11.2 Å². The molecule has 0 saturated heterocycles. The number of aromatic amines is 1. The molecule has 12 heteroatoms. The molecule has 4 aromatic rings. The second kappa shape index (κ2) is 9.59. The number of aryl methyl sites for hydroxylation is 1. The molecule has 0 aliphatic heterocycles. The summed E-state index contributed by atoms with van der Waals surface area (Å²) < 4.78 is 20.5. The van der Waals surface area contributed by atoms with Gasteiger partial charge in [-0.1, -0.05) is 11.6 Å². The summed E-state index contributed by atoms with van der Waals surface area (Å²) in [4.78, 5) is 19.4. The maximum absolute atomic E-state index is 14.8. The number of rotatable bonds is 6. The van der Waals surface area contributed by atoms with Gasteiger partial charge in [0.05, 0.1) is 18.4 Å². The predicted molar refractivity (Wildman–Crippen MR) is 134 cm³/mol. The molecule has 184 valence electrons. The number of esters is 1. The van der Waals surface area contributed by atoms with Gasteiger partial charge in [-0.05, 0) is 37.1 Å². The first-order valence-electron chi connectivity index (χ1n) is 10.9. The minimum absolute atomic E-state index is 0.100. The summed E-state index contributed by atoms with van der Waals surface area (Å²) in [6.07, 6.45) is 5.98. The molecular weight excluding hydrogens is 507 g/mol. The molecule has 1 aliphatic carbocycles. The Morgan fingerprint density at radius 2 is 2.28 bits per heavy atom. The molecule has 36 heavy (non-hydrogen) atoms. The van der Waals surface area contributed by atoms with Crippen LogP contribution in [-0.4, -0.2) is 34.6 Å². The van der Waals surface area contributed by atoms with E-state index in [1.165, 1.54) is 18.8 Å². The molecule has 0 fully saturated rings. The zero-order valence-corrected chi connectivity index (χ0v) is 20.5. The van der Waals surface area contributed by atoms with Crippen LogP contribution >= 0.6 is 22.9 Å². The molecule has 5 N–H and O–H groups in total. The number of hydrogen-bond acceptors (Lipinski definition) is 7. The number of pyridine rings is 1. The highest BCUT2D eigenvalue weighted by atomic mass is 35.5. The lowest BCUT2D eigenvalue weighted by molar-refractivity contribution is -0.909. The fourth-order valence-corrected chi connectivity index (χ4v) is 5.49. The van der Waals surface area contributed by atoms with Gasteiger partial charge in [-0.2, -0.15) is 5.10 Å². The minimum Gasteiger partial charge on any atom is -0.465 e. The molecule has 0 spiro atoms. The van der Waals surface area contributed by atoms with E-state index in [4.69, 9.17) is 17.4 Å². The number of halogens is 2. The number of hydrazone groups is 1. The molecule has 0 bridgehead atoms. The van der Waals surface area contributed by atoms with Gasteiger partial charge in [0.15, 0.2) is 5.82 Å². The fourth-order valence-electron chi connectivity index (χ4n) is 4.47. The third-order valence-corrected chi connectivity index (χ3v) is 7.26. The molecule has 9 nitrogen and oxygen atoms in total. The first kappa shape index (κ1) is 23.8. The number of ether oxygens (including phenoxy) is 1. The number of nitrogens with one attached hydrogen (secondary N) is 2. The summed E-state index contributed by atoms with van der Waals surface area (Å²) >= 11 is 7.20. The highest BCUT2D eigenvalue weighted by Gasteiger charge is 2.37. The average Bonchev–Trinajstić information content (AvgIpc) is 3.60. The van der Waals surface area contributed by atoms with Crippen molar-refractivity contribution in [1.82, 2.24) is 9.97 Å². The fraction of sp³-hybridized carbons (Fsp3) is 0.167. The van der Waals surface area contributed by atoms with Crippen LogP contribution in [0.3, 0.4) is 0 Å². The Morgan fingerprint density at radius 3 is 3.06 bits per heavy atom. The number of methoxy groups -OCH3 is 1. The molecule has 3 aromatic heterocycles. The Bertz CT molecular complexity index is 1500. The number of benzene rings is 1. The predicted octanol–water partition coefficient (Wildman–Crippen LogP) is 4.30. The van der Waals surface area contributed by atoms with Gasteiger partial charge in [0.25, 0.3) is 0 Å².